The number of nitrogens with zero attached hydrogens (tertiary/aromatic N) is 1. The average molecular weight is 551 g/mol. The first-order chi connectivity index (χ1) is 18.8. The minimum Gasteiger partial charge on any atom is -0.345 e. The summed E-state index contributed by atoms with van der Waals surface area (Å²) in [6, 6.07) is 6.68. The number of ketones is 1. The molecule has 1 aromatic carbocycles. The molecule has 1 saturated heterocycles. The third-order valence-corrected chi connectivity index (χ3v) is 8.76. The van der Waals surface area contributed by atoms with Crippen molar-refractivity contribution >= 4 is 29.4 Å². The van der Waals surface area contributed by atoms with E-state index in [1.807, 2.05) is 51.1 Å². The number of hydrogen-bond acceptors (Lipinski definition) is 5. The van der Waals surface area contributed by atoms with E-state index in [-0.39, 0.29) is 35.6 Å². The van der Waals surface area contributed by atoms with Gasteiger partial charge in [-0.2, -0.15) is 0 Å². The van der Waals surface area contributed by atoms with E-state index in [0.29, 0.717) is 13.0 Å². The number of carbonyl (C=O) groups excluding carboxylic acids is 5. The van der Waals surface area contributed by atoms with Gasteiger partial charge >= 0.3 is 0 Å². The number of benzene rings is 1. The van der Waals surface area contributed by atoms with Crippen LogP contribution in [0.2, 0.25) is 0 Å². The fourth-order valence-corrected chi connectivity index (χ4v) is 6.03. The van der Waals surface area contributed by atoms with Gasteiger partial charge < -0.3 is 20.9 Å². The molecule has 216 valence electrons. The Hall–Kier alpha value is -3.49. The molecule has 1 unspecified atom stereocenters. The molecule has 0 radical (unpaired) electrons. The number of hydrogen-bond donors (Lipinski definition) is 3. The third kappa shape index (κ3) is 6.29. The van der Waals surface area contributed by atoms with Gasteiger partial charge in [-0.25, -0.2) is 0 Å². The molecular formula is C31H42N4O5. The maximum Gasteiger partial charge on any atom is 0.289 e. The average Bonchev–Trinajstić information content (AvgIpc) is 3.76. The minimum absolute atomic E-state index is 0.0734. The van der Waals surface area contributed by atoms with E-state index in [4.69, 9.17) is 0 Å². The summed E-state index contributed by atoms with van der Waals surface area (Å²) in [6.07, 6.45) is 3.42. The maximum absolute atomic E-state index is 13.9. The zero-order valence-corrected chi connectivity index (χ0v) is 24.2. The van der Waals surface area contributed by atoms with Gasteiger partial charge in [-0.3, -0.25) is 24.0 Å². The van der Waals surface area contributed by atoms with Crippen LogP contribution < -0.4 is 16.0 Å². The number of carbonyl (C=O) groups is 5. The number of Topliss-reactive ketones (excluding diaryl/α,β-unsaturated/α-hetero) is 1. The van der Waals surface area contributed by atoms with Gasteiger partial charge in [0.1, 0.15) is 12.1 Å². The van der Waals surface area contributed by atoms with Crippen LogP contribution in [0.5, 0.6) is 0 Å². The predicted molar refractivity (Wildman–Crippen MR) is 150 cm³/mol. The summed E-state index contributed by atoms with van der Waals surface area (Å²) in [7, 11) is 0. The van der Waals surface area contributed by atoms with Crippen molar-refractivity contribution < 1.29 is 24.0 Å². The van der Waals surface area contributed by atoms with Gasteiger partial charge in [0, 0.05) is 13.1 Å². The van der Waals surface area contributed by atoms with Crippen molar-refractivity contribution in [2.75, 3.05) is 6.54 Å². The number of nitrogens with one attached hydrogen (secondary N) is 3. The van der Waals surface area contributed by atoms with Crippen LogP contribution in [-0.2, 0) is 30.5 Å². The molecular weight excluding hydrogens is 508 g/mol. The monoisotopic (exact) mass is 550 g/mol. The number of amides is 4. The maximum atomic E-state index is 13.9. The van der Waals surface area contributed by atoms with Gasteiger partial charge in [0.15, 0.2) is 0 Å². The summed E-state index contributed by atoms with van der Waals surface area (Å²) >= 11 is 0. The van der Waals surface area contributed by atoms with Gasteiger partial charge in [0.05, 0.1) is 6.04 Å². The van der Waals surface area contributed by atoms with Gasteiger partial charge in [0.2, 0.25) is 23.5 Å². The highest BCUT2D eigenvalue weighted by Crippen LogP contribution is 2.65. The second-order valence-electron chi connectivity index (χ2n) is 13.2. The molecule has 5 atom stereocenters. The minimum atomic E-state index is -0.965. The molecule has 1 aromatic rings. The molecule has 2 saturated carbocycles. The van der Waals surface area contributed by atoms with Crippen LogP contribution in [0, 0.1) is 28.6 Å². The second-order valence-corrected chi connectivity index (χ2v) is 13.2. The Balaban J connectivity index is 1.51. The van der Waals surface area contributed by atoms with Crippen LogP contribution >= 0.6 is 0 Å². The number of likely N-dealkylation sites (tertiary alicyclic amines) is 1. The molecule has 3 aliphatic rings. The Bertz CT molecular complexity index is 1180. The standard InChI is InChI=1S/C31H42N4O5/c1-7-22(36)34-26(30(2,3)4)29(40)35-17-20-23(31(20,5)6)24(35)27(38)33-21(15-18-13-14-18)25(37)28(39)32-16-19-11-9-8-10-12-19/h7-12,18,20-21,23-24,26H,1,13-17H2,2-6H3,(H,32,39)(H,33,38)(H,34,36)/t20-,21?,23-,24-,26+/m0/s1. The van der Waals surface area contributed by atoms with Crippen molar-refractivity contribution in [2.45, 2.75) is 78.6 Å². The van der Waals surface area contributed by atoms with E-state index in [9.17, 15) is 24.0 Å². The van der Waals surface area contributed by atoms with Gasteiger partial charge in [-0.15, -0.1) is 0 Å². The second kappa shape index (κ2) is 11.2. The highest BCUT2D eigenvalue weighted by molar-refractivity contribution is 6.38. The molecule has 3 fully saturated rings. The fourth-order valence-electron chi connectivity index (χ4n) is 6.03. The van der Waals surface area contributed by atoms with Crippen molar-refractivity contribution in [1.29, 1.82) is 0 Å². The molecule has 0 bridgehead atoms. The first-order valence-corrected chi connectivity index (χ1v) is 14.2. The van der Waals surface area contributed by atoms with Crippen molar-refractivity contribution in [2.24, 2.45) is 28.6 Å². The van der Waals surface area contributed by atoms with Gasteiger partial charge in [0.25, 0.3) is 5.91 Å². The Morgan fingerprint density at radius 1 is 1.07 bits per heavy atom. The van der Waals surface area contributed by atoms with Gasteiger partial charge in [-0.1, -0.05) is 84.4 Å². The molecule has 40 heavy (non-hydrogen) atoms. The highest BCUT2D eigenvalue weighted by Gasteiger charge is 2.70. The lowest BCUT2D eigenvalue weighted by atomic mass is 9.85. The molecule has 9 heteroatoms. The molecule has 1 heterocycles. The first kappa shape index (κ1) is 29.5. The zero-order valence-electron chi connectivity index (χ0n) is 24.2. The van der Waals surface area contributed by atoms with Crippen molar-refractivity contribution in [3.8, 4) is 0 Å². The Morgan fingerprint density at radius 2 is 1.73 bits per heavy atom. The highest BCUT2D eigenvalue weighted by atomic mass is 16.2. The smallest absolute Gasteiger partial charge is 0.289 e. The summed E-state index contributed by atoms with van der Waals surface area (Å²) < 4.78 is 0. The Morgan fingerprint density at radius 3 is 2.30 bits per heavy atom. The third-order valence-electron chi connectivity index (χ3n) is 8.76. The molecule has 1 aliphatic heterocycles. The van der Waals surface area contributed by atoms with Crippen LogP contribution in [0.25, 0.3) is 0 Å². The lowest BCUT2D eigenvalue weighted by molar-refractivity contribution is -0.146. The first-order valence-electron chi connectivity index (χ1n) is 14.2. The predicted octanol–water partition coefficient (Wildman–Crippen LogP) is 2.36. The molecule has 3 N–H and O–H groups in total. The van der Waals surface area contributed by atoms with Crippen LogP contribution in [0.1, 0.15) is 59.4 Å². The number of rotatable bonds is 11. The van der Waals surface area contributed by atoms with Crippen molar-refractivity contribution in [1.82, 2.24) is 20.9 Å². The fraction of sp³-hybridized carbons (Fsp3) is 0.581. The Kier molecular flexibility index (Phi) is 8.24. The van der Waals surface area contributed by atoms with E-state index >= 15 is 0 Å². The molecule has 0 spiro atoms. The molecule has 4 amide bonds. The van der Waals surface area contributed by atoms with E-state index in [2.05, 4.69) is 36.4 Å². The quantitative estimate of drug-likeness (QED) is 0.288. The lowest BCUT2D eigenvalue weighted by Crippen LogP contribution is -2.60. The topological polar surface area (TPSA) is 125 Å². The molecule has 0 aromatic heterocycles. The van der Waals surface area contributed by atoms with E-state index in [1.165, 1.54) is 0 Å². The summed E-state index contributed by atoms with van der Waals surface area (Å²) in [5.41, 5.74) is 0.120. The van der Waals surface area contributed by atoms with E-state index in [0.717, 1.165) is 24.5 Å². The summed E-state index contributed by atoms with van der Waals surface area (Å²) in [5.74, 6) is -2.30. The molecule has 4 rings (SSSR count). The lowest BCUT2D eigenvalue weighted by Gasteiger charge is -2.37. The van der Waals surface area contributed by atoms with Crippen molar-refractivity contribution in [3.63, 3.8) is 0 Å². The van der Waals surface area contributed by atoms with Crippen molar-refractivity contribution in [3.05, 3.63) is 48.6 Å². The zero-order chi connectivity index (χ0) is 29.4. The number of fused-ring (bicyclic) bond motifs is 1. The van der Waals surface area contributed by atoms with Crippen LogP contribution in [0.4, 0.5) is 0 Å². The summed E-state index contributed by atoms with van der Waals surface area (Å²) in [5, 5.41) is 8.29. The Labute approximate surface area is 236 Å². The number of piperidine rings is 1. The van der Waals surface area contributed by atoms with Crippen LogP contribution in [0.15, 0.2) is 43.0 Å². The molecule has 2 aliphatic carbocycles. The van der Waals surface area contributed by atoms with E-state index in [1.54, 1.807) is 4.90 Å². The van der Waals surface area contributed by atoms with Crippen LogP contribution in [-0.4, -0.2) is 59.0 Å². The SMILES string of the molecule is C=CC(=O)N[C@H](C(=O)N1C[C@H]2[C@@H]([C@H]1C(=O)NC(CC1CC1)C(=O)C(=O)NCc1ccccc1)C2(C)C)C(C)(C)C. The van der Waals surface area contributed by atoms with Gasteiger partial charge in [-0.05, 0) is 46.6 Å². The summed E-state index contributed by atoms with van der Waals surface area (Å²) in [6.45, 7) is 13.8. The largest absolute Gasteiger partial charge is 0.345 e. The molecule has 9 nitrogen and oxygen atoms in total. The van der Waals surface area contributed by atoms with Crippen LogP contribution in [0.3, 0.4) is 0 Å². The normalized spacial score (nSPS) is 24.2. The van der Waals surface area contributed by atoms with E-state index < -0.39 is 47.0 Å². The summed E-state index contributed by atoms with van der Waals surface area (Å²) in [4.78, 5) is 67.5.